The van der Waals surface area contributed by atoms with Crippen LogP contribution in [0.15, 0.2) is 54.8 Å². The van der Waals surface area contributed by atoms with E-state index in [9.17, 15) is 4.79 Å². The molecule has 8 nitrogen and oxygen atoms in total. The molecule has 1 saturated carbocycles. The molecule has 32 heavy (non-hydrogen) atoms. The quantitative estimate of drug-likeness (QED) is 0.676. The van der Waals surface area contributed by atoms with Gasteiger partial charge in [0, 0.05) is 43.9 Å². The number of allylic oxidation sites excluding steroid dienone is 2. The van der Waals surface area contributed by atoms with E-state index in [0.29, 0.717) is 5.82 Å². The monoisotopic (exact) mass is 433 g/mol. The van der Waals surface area contributed by atoms with Crippen molar-refractivity contribution in [1.29, 1.82) is 0 Å². The van der Waals surface area contributed by atoms with Gasteiger partial charge in [0.1, 0.15) is 12.0 Å². The molecule has 168 valence electrons. The van der Waals surface area contributed by atoms with Crippen molar-refractivity contribution in [3.8, 4) is 5.69 Å². The number of amides is 2. The molecule has 1 atom stereocenters. The Labute approximate surface area is 188 Å². The van der Waals surface area contributed by atoms with Crippen LogP contribution in [0, 0.1) is 6.92 Å². The molecule has 2 aromatic rings. The fourth-order valence-corrected chi connectivity index (χ4v) is 4.19. The molecule has 2 amide bonds. The number of anilines is 1. The lowest BCUT2D eigenvalue weighted by atomic mass is 10.1. The number of aromatic nitrogens is 2. The Bertz CT molecular complexity index is 1030. The number of benzene rings is 1. The van der Waals surface area contributed by atoms with E-state index in [4.69, 9.17) is 5.10 Å². The Kier molecular flexibility index (Phi) is 5.48. The number of carbonyl (C=O) groups is 1. The van der Waals surface area contributed by atoms with E-state index in [1.54, 1.807) is 0 Å². The largest absolute Gasteiger partial charge is 0.339 e. The molecule has 1 saturated heterocycles. The number of aryl methyl sites for hydroxylation is 1. The summed E-state index contributed by atoms with van der Waals surface area (Å²) in [6.45, 7) is 8.06. The first-order valence-electron chi connectivity index (χ1n) is 11.4. The standard InChI is InChI=1S/C24H31N7O/c1-18-6-8-19(9-7-18)31-21(17-20(27-31)24(2)10-11-24)26-23(32)28-30-14-4-3-5-22(30)29-15-12-25-13-16-29/h3-9,14,17,22,25H,10-13,15-16H2,1-2H3,(H2,26,28,32). The Morgan fingerprint density at radius 1 is 1.16 bits per heavy atom. The summed E-state index contributed by atoms with van der Waals surface area (Å²) in [6, 6.07) is 9.90. The molecule has 3 N–H and O–H groups in total. The van der Waals surface area contributed by atoms with Crippen LogP contribution in [0.3, 0.4) is 0 Å². The van der Waals surface area contributed by atoms with E-state index in [1.165, 1.54) is 5.56 Å². The Balaban J connectivity index is 1.34. The molecular weight excluding hydrogens is 402 g/mol. The average Bonchev–Trinajstić information content (AvgIpc) is 3.42. The summed E-state index contributed by atoms with van der Waals surface area (Å²) in [5, 5.41) is 13.1. The third kappa shape index (κ3) is 4.28. The highest BCUT2D eigenvalue weighted by Crippen LogP contribution is 2.47. The summed E-state index contributed by atoms with van der Waals surface area (Å²) in [4.78, 5) is 15.4. The predicted molar refractivity (Wildman–Crippen MR) is 125 cm³/mol. The van der Waals surface area contributed by atoms with E-state index in [2.05, 4.69) is 53.0 Å². The Morgan fingerprint density at radius 2 is 1.91 bits per heavy atom. The van der Waals surface area contributed by atoms with Crippen LogP contribution >= 0.6 is 0 Å². The SMILES string of the molecule is Cc1ccc(-n2nc(C3(C)CC3)cc2NC(=O)NN2C=CC=CC2N2CCNCC2)cc1. The minimum Gasteiger partial charge on any atom is -0.314 e. The zero-order valence-electron chi connectivity index (χ0n) is 18.7. The van der Waals surface area contributed by atoms with Crippen LogP contribution in [0.25, 0.3) is 5.69 Å². The molecule has 0 bridgehead atoms. The van der Waals surface area contributed by atoms with Crippen LogP contribution in [0.5, 0.6) is 0 Å². The summed E-state index contributed by atoms with van der Waals surface area (Å²) in [7, 11) is 0. The van der Waals surface area contributed by atoms with Gasteiger partial charge >= 0.3 is 6.03 Å². The van der Waals surface area contributed by atoms with Gasteiger partial charge in [-0.2, -0.15) is 5.10 Å². The Morgan fingerprint density at radius 3 is 2.62 bits per heavy atom. The van der Waals surface area contributed by atoms with E-state index in [0.717, 1.165) is 50.4 Å². The van der Waals surface area contributed by atoms with Gasteiger partial charge in [0.2, 0.25) is 0 Å². The first-order valence-corrected chi connectivity index (χ1v) is 11.4. The van der Waals surface area contributed by atoms with Gasteiger partial charge in [-0.15, -0.1) is 0 Å². The lowest BCUT2D eigenvalue weighted by Gasteiger charge is -2.40. The lowest BCUT2D eigenvalue weighted by molar-refractivity contribution is 0.0736. The van der Waals surface area contributed by atoms with Crippen molar-refractivity contribution >= 4 is 11.8 Å². The van der Waals surface area contributed by atoms with Gasteiger partial charge < -0.3 is 5.32 Å². The molecule has 0 radical (unpaired) electrons. The summed E-state index contributed by atoms with van der Waals surface area (Å²) in [5.74, 6) is 0.671. The summed E-state index contributed by atoms with van der Waals surface area (Å²) < 4.78 is 1.83. The van der Waals surface area contributed by atoms with Gasteiger partial charge in [0.15, 0.2) is 0 Å². The van der Waals surface area contributed by atoms with Gasteiger partial charge in [0.05, 0.1) is 11.4 Å². The molecule has 2 aliphatic heterocycles. The molecule has 3 aliphatic rings. The molecule has 1 aromatic carbocycles. The maximum atomic E-state index is 13.0. The van der Waals surface area contributed by atoms with Crippen molar-refractivity contribution in [2.24, 2.45) is 0 Å². The summed E-state index contributed by atoms with van der Waals surface area (Å²) in [6.07, 6.45) is 10.2. The van der Waals surface area contributed by atoms with E-state index in [1.807, 2.05) is 46.2 Å². The first kappa shape index (κ1) is 20.8. The van der Waals surface area contributed by atoms with Crippen molar-refractivity contribution in [3.05, 3.63) is 66.0 Å². The second-order valence-corrected chi connectivity index (χ2v) is 9.12. The third-order valence-electron chi connectivity index (χ3n) is 6.53. The lowest BCUT2D eigenvalue weighted by Crippen LogP contribution is -2.58. The molecule has 2 fully saturated rings. The second kappa shape index (κ2) is 8.44. The van der Waals surface area contributed by atoms with Crippen molar-refractivity contribution in [2.45, 2.75) is 38.3 Å². The van der Waals surface area contributed by atoms with Crippen LogP contribution < -0.4 is 16.1 Å². The third-order valence-corrected chi connectivity index (χ3v) is 6.53. The van der Waals surface area contributed by atoms with Crippen LogP contribution in [-0.4, -0.2) is 58.1 Å². The molecule has 3 heterocycles. The van der Waals surface area contributed by atoms with Crippen LogP contribution in [0.4, 0.5) is 10.6 Å². The van der Waals surface area contributed by atoms with Gasteiger partial charge in [0.25, 0.3) is 0 Å². The molecule has 1 aromatic heterocycles. The first-order chi connectivity index (χ1) is 15.5. The topological polar surface area (TPSA) is 77.5 Å². The number of urea groups is 1. The number of rotatable bonds is 5. The maximum Gasteiger partial charge on any atom is 0.339 e. The van der Waals surface area contributed by atoms with Crippen molar-refractivity contribution in [3.63, 3.8) is 0 Å². The van der Waals surface area contributed by atoms with E-state index in [-0.39, 0.29) is 17.6 Å². The molecule has 5 rings (SSSR count). The molecular formula is C24H31N7O. The highest BCUT2D eigenvalue weighted by atomic mass is 16.2. The smallest absolute Gasteiger partial charge is 0.314 e. The number of nitrogens with zero attached hydrogens (tertiary/aromatic N) is 4. The van der Waals surface area contributed by atoms with Crippen LogP contribution in [-0.2, 0) is 5.41 Å². The highest BCUT2D eigenvalue weighted by Gasteiger charge is 2.42. The maximum absolute atomic E-state index is 13.0. The number of piperazine rings is 1. The minimum atomic E-state index is -0.286. The highest BCUT2D eigenvalue weighted by molar-refractivity contribution is 5.88. The van der Waals surface area contributed by atoms with Gasteiger partial charge in [-0.05, 0) is 44.1 Å². The minimum absolute atomic E-state index is 0.00389. The number of carbonyl (C=O) groups excluding carboxylic acids is 1. The van der Waals surface area contributed by atoms with E-state index >= 15 is 0 Å². The number of nitrogens with one attached hydrogen (secondary N) is 3. The zero-order chi connectivity index (χ0) is 22.1. The average molecular weight is 434 g/mol. The fourth-order valence-electron chi connectivity index (χ4n) is 4.19. The van der Waals surface area contributed by atoms with Gasteiger partial charge in [-0.3, -0.25) is 15.2 Å². The van der Waals surface area contributed by atoms with Crippen molar-refractivity contribution in [1.82, 2.24) is 30.4 Å². The second-order valence-electron chi connectivity index (χ2n) is 9.12. The van der Waals surface area contributed by atoms with Gasteiger partial charge in [-0.25, -0.2) is 14.9 Å². The predicted octanol–water partition coefficient (Wildman–Crippen LogP) is 2.89. The molecule has 0 spiro atoms. The molecule has 1 aliphatic carbocycles. The number of hydrazine groups is 1. The van der Waals surface area contributed by atoms with Gasteiger partial charge in [-0.1, -0.05) is 30.7 Å². The van der Waals surface area contributed by atoms with E-state index < -0.39 is 0 Å². The van der Waals surface area contributed by atoms with Crippen LogP contribution in [0.2, 0.25) is 0 Å². The Hall–Kier alpha value is -3.10. The molecule has 1 unspecified atom stereocenters. The summed E-state index contributed by atoms with van der Waals surface area (Å²) in [5.41, 5.74) is 6.26. The van der Waals surface area contributed by atoms with Crippen molar-refractivity contribution < 1.29 is 4.79 Å². The fraction of sp³-hybridized carbons (Fsp3) is 0.417. The number of hydrogen-bond acceptors (Lipinski definition) is 5. The van der Waals surface area contributed by atoms with Crippen LogP contribution in [0.1, 0.15) is 31.0 Å². The summed E-state index contributed by atoms with van der Waals surface area (Å²) >= 11 is 0. The molecule has 8 heteroatoms. The number of hydrogen-bond donors (Lipinski definition) is 3. The van der Waals surface area contributed by atoms with Crippen molar-refractivity contribution in [2.75, 3.05) is 31.5 Å². The zero-order valence-corrected chi connectivity index (χ0v) is 18.7. The normalized spacial score (nSPS) is 22.1.